The number of allylic oxidation sites excluding steroid dienone is 5. The van der Waals surface area contributed by atoms with E-state index in [9.17, 15) is 20.1 Å². The molecule has 0 saturated carbocycles. The molecule has 0 heterocycles. The van der Waals surface area contributed by atoms with Gasteiger partial charge in [0, 0.05) is 5.56 Å². The lowest BCUT2D eigenvalue weighted by Gasteiger charge is -2.14. The second kappa shape index (κ2) is 11.3. The summed E-state index contributed by atoms with van der Waals surface area (Å²) in [4.78, 5) is 11.7. The van der Waals surface area contributed by atoms with Crippen LogP contribution >= 0.6 is 0 Å². The molecule has 27 heavy (non-hydrogen) atoms. The van der Waals surface area contributed by atoms with E-state index in [4.69, 9.17) is 0 Å². The first-order chi connectivity index (χ1) is 12.8. The normalized spacial score (nSPS) is 11.3. The molecule has 0 aliphatic heterocycles. The maximum absolute atomic E-state index is 11.7. The van der Waals surface area contributed by atoms with Crippen LogP contribution in [0.1, 0.15) is 74.4 Å². The van der Waals surface area contributed by atoms with Crippen LogP contribution < -0.4 is 0 Å². The van der Waals surface area contributed by atoms with Gasteiger partial charge >= 0.3 is 5.97 Å². The van der Waals surface area contributed by atoms with Gasteiger partial charge in [0.05, 0.1) is 0 Å². The van der Waals surface area contributed by atoms with Gasteiger partial charge < -0.3 is 15.3 Å². The molecule has 0 atom stereocenters. The standard InChI is InChI=1S/C23H32O4/c1-5-6-7-8-12-18-15-20(24)19(22(25)21(18)23(26)27)14-13-17(4)11-9-10-16(2)3/h5,10,13,15,24-25H,1,6-9,11-12,14H2,2-4H3,(H,26,27)/b17-13+. The van der Waals surface area contributed by atoms with Crippen LogP contribution in [0.5, 0.6) is 11.5 Å². The number of benzene rings is 1. The Morgan fingerprint density at radius 3 is 2.41 bits per heavy atom. The summed E-state index contributed by atoms with van der Waals surface area (Å²) in [5.41, 5.74) is 3.04. The van der Waals surface area contributed by atoms with Crippen molar-refractivity contribution in [3.8, 4) is 11.5 Å². The van der Waals surface area contributed by atoms with Crippen molar-refractivity contribution < 1.29 is 20.1 Å². The summed E-state index contributed by atoms with van der Waals surface area (Å²) in [5, 5.41) is 30.4. The average Bonchev–Trinajstić information content (AvgIpc) is 2.57. The van der Waals surface area contributed by atoms with Crippen LogP contribution in [0.2, 0.25) is 0 Å². The molecule has 148 valence electrons. The Labute approximate surface area is 162 Å². The number of phenolic OH excluding ortho intramolecular Hbond substituents is 1. The molecule has 0 saturated heterocycles. The lowest BCUT2D eigenvalue weighted by Crippen LogP contribution is -2.05. The Morgan fingerprint density at radius 2 is 1.81 bits per heavy atom. The van der Waals surface area contributed by atoms with E-state index in [2.05, 4.69) is 26.5 Å². The van der Waals surface area contributed by atoms with Gasteiger partial charge in [-0.2, -0.15) is 0 Å². The quantitative estimate of drug-likeness (QED) is 0.332. The highest BCUT2D eigenvalue weighted by atomic mass is 16.4. The molecule has 0 spiro atoms. The van der Waals surface area contributed by atoms with Crippen molar-refractivity contribution in [2.45, 2.75) is 65.7 Å². The van der Waals surface area contributed by atoms with E-state index in [-0.39, 0.29) is 22.6 Å². The molecular formula is C23H32O4. The molecule has 0 bridgehead atoms. The monoisotopic (exact) mass is 372 g/mol. The minimum Gasteiger partial charge on any atom is -0.508 e. The number of hydrogen-bond acceptors (Lipinski definition) is 3. The van der Waals surface area contributed by atoms with Gasteiger partial charge in [0.15, 0.2) is 0 Å². The zero-order chi connectivity index (χ0) is 20.4. The average molecular weight is 373 g/mol. The van der Waals surface area contributed by atoms with Crippen LogP contribution in [-0.2, 0) is 12.8 Å². The molecule has 4 nitrogen and oxygen atoms in total. The van der Waals surface area contributed by atoms with Gasteiger partial charge in [0.1, 0.15) is 17.1 Å². The van der Waals surface area contributed by atoms with E-state index in [0.717, 1.165) is 37.7 Å². The highest BCUT2D eigenvalue weighted by Crippen LogP contribution is 2.35. The Bertz CT molecular complexity index is 722. The summed E-state index contributed by atoms with van der Waals surface area (Å²) < 4.78 is 0. The second-order valence-corrected chi connectivity index (χ2v) is 7.17. The van der Waals surface area contributed by atoms with E-state index in [1.807, 2.05) is 19.1 Å². The van der Waals surface area contributed by atoms with Crippen LogP contribution in [0.3, 0.4) is 0 Å². The molecule has 0 unspecified atom stereocenters. The van der Waals surface area contributed by atoms with Crippen molar-refractivity contribution in [1.82, 2.24) is 0 Å². The Kier molecular flexibility index (Phi) is 9.41. The highest BCUT2D eigenvalue weighted by Gasteiger charge is 2.21. The topological polar surface area (TPSA) is 77.8 Å². The van der Waals surface area contributed by atoms with Gasteiger partial charge in [-0.1, -0.05) is 29.4 Å². The van der Waals surface area contributed by atoms with E-state index >= 15 is 0 Å². The van der Waals surface area contributed by atoms with Crippen molar-refractivity contribution in [3.63, 3.8) is 0 Å². The van der Waals surface area contributed by atoms with Gasteiger partial charge in [-0.3, -0.25) is 0 Å². The number of phenols is 2. The number of hydrogen-bond donors (Lipinski definition) is 3. The number of aromatic hydroxyl groups is 2. The third-order valence-corrected chi connectivity index (χ3v) is 4.53. The maximum atomic E-state index is 11.7. The number of carboxylic acids is 1. The molecule has 1 aromatic rings. The Morgan fingerprint density at radius 1 is 1.11 bits per heavy atom. The molecule has 0 aliphatic carbocycles. The number of aromatic carboxylic acids is 1. The van der Waals surface area contributed by atoms with Gasteiger partial charge in [-0.05, 0) is 77.3 Å². The minimum absolute atomic E-state index is 0.0513. The van der Waals surface area contributed by atoms with E-state index in [1.54, 1.807) is 0 Å². The Balaban J connectivity index is 3.01. The van der Waals surface area contributed by atoms with E-state index < -0.39 is 5.97 Å². The molecule has 0 radical (unpaired) electrons. The zero-order valence-corrected chi connectivity index (χ0v) is 16.7. The fourth-order valence-corrected chi connectivity index (χ4v) is 2.96. The molecule has 0 amide bonds. The number of carbonyl (C=O) groups is 1. The number of carboxylic acid groups (broad SMARTS) is 1. The summed E-state index contributed by atoms with van der Waals surface area (Å²) in [7, 11) is 0. The molecule has 1 rings (SSSR count). The summed E-state index contributed by atoms with van der Waals surface area (Å²) >= 11 is 0. The maximum Gasteiger partial charge on any atom is 0.339 e. The van der Waals surface area contributed by atoms with Gasteiger partial charge in [-0.15, -0.1) is 6.58 Å². The smallest absolute Gasteiger partial charge is 0.339 e. The molecule has 0 aliphatic rings. The fraction of sp³-hybridized carbons (Fsp3) is 0.435. The van der Waals surface area contributed by atoms with Crippen LogP contribution in [0.4, 0.5) is 0 Å². The predicted octanol–water partition coefficient (Wildman–Crippen LogP) is 5.93. The number of aryl methyl sites for hydroxylation is 1. The first-order valence-corrected chi connectivity index (χ1v) is 9.47. The third-order valence-electron chi connectivity index (χ3n) is 4.53. The summed E-state index contributed by atoms with van der Waals surface area (Å²) in [6, 6.07) is 1.48. The summed E-state index contributed by atoms with van der Waals surface area (Å²) in [6.45, 7) is 9.78. The SMILES string of the molecule is C=CCCCCc1cc(O)c(C/C=C(\C)CCC=C(C)C)c(O)c1C(=O)O. The van der Waals surface area contributed by atoms with Crippen molar-refractivity contribution >= 4 is 5.97 Å². The van der Waals surface area contributed by atoms with Crippen molar-refractivity contribution in [1.29, 1.82) is 0 Å². The van der Waals surface area contributed by atoms with Crippen LogP contribution in [0, 0.1) is 0 Å². The van der Waals surface area contributed by atoms with Crippen LogP contribution in [0.25, 0.3) is 0 Å². The molecular weight excluding hydrogens is 340 g/mol. The van der Waals surface area contributed by atoms with Crippen molar-refractivity contribution in [3.05, 3.63) is 58.7 Å². The predicted molar refractivity (Wildman–Crippen MR) is 111 cm³/mol. The summed E-state index contributed by atoms with van der Waals surface area (Å²) in [6.07, 6.45) is 11.1. The van der Waals surface area contributed by atoms with Crippen molar-refractivity contribution in [2.75, 3.05) is 0 Å². The van der Waals surface area contributed by atoms with E-state index in [0.29, 0.717) is 18.4 Å². The largest absolute Gasteiger partial charge is 0.508 e. The first kappa shape index (κ1) is 22.6. The van der Waals surface area contributed by atoms with Crippen molar-refractivity contribution in [2.24, 2.45) is 0 Å². The third kappa shape index (κ3) is 7.33. The molecule has 4 heteroatoms. The number of unbranched alkanes of at least 4 members (excludes halogenated alkanes) is 2. The highest BCUT2D eigenvalue weighted by molar-refractivity contribution is 5.93. The first-order valence-electron chi connectivity index (χ1n) is 9.47. The van der Waals surface area contributed by atoms with Gasteiger partial charge in [0.2, 0.25) is 0 Å². The van der Waals surface area contributed by atoms with Crippen LogP contribution in [0.15, 0.2) is 42.0 Å². The van der Waals surface area contributed by atoms with Gasteiger partial charge in [-0.25, -0.2) is 4.79 Å². The lowest BCUT2D eigenvalue weighted by molar-refractivity contribution is 0.0692. The van der Waals surface area contributed by atoms with E-state index in [1.165, 1.54) is 11.6 Å². The second-order valence-electron chi connectivity index (χ2n) is 7.17. The van der Waals surface area contributed by atoms with Crippen LogP contribution in [-0.4, -0.2) is 21.3 Å². The molecule has 3 N–H and O–H groups in total. The Hall–Kier alpha value is -2.49. The molecule has 0 fully saturated rings. The minimum atomic E-state index is -1.17. The lowest BCUT2D eigenvalue weighted by atomic mass is 9.94. The number of rotatable bonds is 11. The fourth-order valence-electron chi connectivity index (χ4n) is 2.96. The summed E-state index contributed by atoms with van der Waals surface area (Å²) in [5.74, 6) is -1.55. The molecule has 1 aromatic carbocycles. The molecule has 0 aromatic heterocycles. The zero-order valence-electron chi connectivity index (χ0n) is 16.7. The van der Waals surface area contributed by atoms with Gasteiger partial charge in [0.25, 0.3) is 0 Å².